The lowest BCUT2D eigenvalue weighted by molar-refractivity contribution is -0.135. The van der Waals surface area contributed by atoms with E-state index >= 15 is 0 Å². The summed E-state index contributed by atoms with van der Waals surface area (Å²) in [5.41, 5.74) is 1.35. The number of imidazole rings is 1. The van der Waals surface area contributed by atoms with Crippen LogP contribution in [0.15, 0.2) is 36.9 Å². The lowest BCUT2D eigenvalue weighted by atomic mass is 9.90. The van der Waals surface area contributed by atoms with E-state index in [2.05, 4.69) is 4.98 Å². The van der Waals surface area contributed by atoms with Crippen molar-refractivity contribution in [3.05, 3.63) is 48.0 Å². The second-order valence-corrected chi connectivity index (χ2v) is 10.7. The zero-order chi connectivity index (χ0) is 22.1. The Labute approximate surface area is 183 Å². The van der Waals surface area contributed by atoms with Crippen LogP contribution < -0.4 is 4.74 Å². The zero-order valence-corrected chi connectivity index (χ0v) is 19.0. The summed E-state index contributed by atoms with van der Waals surface area (Å²) < 4.78 is 34.8. The molecule has 168 valence electrons. The molecule has 8 nitrogen and oxygen atoms in total. The van der Waals surface area contributed by atoms with E-state index < -0.39 is 15.6 Å². The summed E-state index contributed by atoms with van der Waals surface area (Å²) >= 11 is 0. The number of carbonyl (C=O) groups excluding carboxylic acids is 1. The number of sulfonamides is 1. The number of amides is 1. The average molecular weight is 447 g/mol. The summed E-state index contributed by atoms with van der Waals surface area (Å²) in [6, 6.07) is 5.92. The summed E-state index contributed by atoms with van der Waals surface area (Å²) in [5.74, 6) is 0.886. The average Bonchev–Trinajstić information content (AvgIpc) is 3.17. The Morgan fingerprint density at radius 1 is 1.26 bits per heavy atom. The maximum atomic E-state index is 12.7. The summed E-state index contributed by atoms with van der Waals surface area (Å²) in [4.78, 5) is 18.6. The minimum atomic E-state index is -3.38. The molecule has 0 atom stereocenters. The van der Waals surface area contributed by atoms with E-state index in [9.17, 15) is 13.2 Å². The largest absolute Gasteiger partial charge is 0.485 e. The molecule has 1 aromatic carbocycles. The first-order valence-corrected chi connectivity index (χ1v) is 12.6. The van der Waals surface area contributed by atoms with Crippen LogP contribution in [-0.2, 0) is 27.9 Å². The van der Waals surface area contributed by atoms with E-state index in [1.165, 1.54) is 10.6 Å². The van der Waals surface area contributed by atoms with Gasteiger partial charge in [-0.15, -0.1) is 0 Å². The van der Waals surface area contributed by atoms with Gasteiger partial charge in [-0.3, -0.25) is 4.79 Å². The van der Waals surface area contributed by atoms with Crippen LogP contribution >= 0.6 is 0 Å². The molecule has 0 radical (unpaired) electrons. The van der Waals surface area contributed by atoms with Gasteiger partial charge in [0.2, 0.25) is 15.9 Å². The molecule has 1 fully saturated rings. The summed E-state index contributed by atoms with van der Waals surface area (Å²) in [7, 11) is -3.38. The van der Waals surface area contributed by atoms with E-state index in [1.54, 1.807) is 12.5 Å². The SMILES string of the molecule is Cc1ccc2c(c1)CN(S(C)(=O)=O)CC1(CCN(C(=O)CCCn3ccnc3)CC1)O2. The summed E-state index contributed by atoms with van der Waals surface area (Å²) in [6.07, 6.45) is 9.11. The van der Waals surface area contributed by atoms with Gasteiger partial charge in [0.1, 0.15) is 11.4 Å². The van der Waals surface area contributed by atoms with Gasteiger partial charge in [0.15, 0.2) is 0 Å². The molecule has 0 N–H and O–H groups in total. The molecule has 1 saturated heterocycles. The highest BCUT2D eigenvalue weighted by molar-refractivity contribution is 7.88. The van der Waals surface area contributed by atoms with Crippen molar-refractivity contribution in [2.24, 2.45) is 0 Å². The predicted octanol–water partition coefficient (Wildman–Crippen LogP) is 2.19. The van der Waals surface area contributed by atoms with Crippen LogP contribution in [0.4, 0.5) is 0 Å². The van der Waals surface area contributed by atoms with Gasteiger partial charge in [-0.2, -0.15) is 4.31 Å². The van der Waals surface area contributed by atoms with Crippen molar-refractivity contribution in [3.8, 4) is 5.75 Å². The molecule has 2 aromatic rings. The number of ether oxygens (including phenoxy) is 1. The number of aromatic nitrogens is 2. The van der Waals surface area contributed by atoms with Gasteiger partial charge in [-0.25, -0.2) is 13.4 Å². The molecule has 1 amide bonds. The highest BCUT2D eigenvalue weighted by Crippen LogP contribution is 2.36. The van der Waals surface area contributed by atoms with Gasteiger partial charge >= 0.3 is 0 Å². The standard InChI is InChI=1S/C22H30N4O4S/c1-18-5-6-20-19(14-18)15-26(31(2,28)29)16-22(30-20)7-11-25(12-8-22)21(27)4-3-10-24-13-9-23-17-24/h5-6,9,13-14,17H,3-4,7-8,10-12,15-16H2,1-2H3. The maximum Gasteiger partial charge on any atom is 0.222 e. The maximum absolute atomic E-state index is 12.7. The van der Waals surface area contributed by atoms with Crippen LogP contribution in [0.3, 0.4) is 0 Å². The van der Waals surface area contributed by atoms with Crippen molar-refractivity contribution in [3.63, 3.8) is 0 Å². The minimum absolute atomic E-state index is 0.139. The van der Waals surface area contributed by atoms with E-state index in [4.69, 9.17) is 4.74 Å². The molecule has 1 aromatic heterocycles. The molecular weight excluding hydrogens is 416 g/mol. The third-order valence-electron chi connectivity index (χ3n) is 6.22. The number of benzene rings is 1. The van der Waals surface area contributed by atoms with Crippen molar-refractivity contribution in [1.29, 1.82) is 0 Å². The number of piperidine rings is 1. The molecule has 4 rings (SSSR count). The third-order valence-corrected chi connectivity index (χ3v) is 7.41. The van der Waals surface area contributed by atoms with Crippen molar-refractivity contribution in [2.75, 3.05) is 25.9 Å². The molecule has 2 aliphatic rings. The Bertz CT molecular complexity index is 1030. The van der Waals surface area contributed by atoms with Crippen molar-refractivity contribution in [2.45, 2.75) is 51.3 Å². The molecule has 0 unspecified atom stereocenters. The fraction of sp³-hybridized carbons (Fsp3) is 0.545. The number of rotatable bonds is 5. The molecule has 0 saturated carbocycles. The predicted molar refractivity (Wildman–Crippen MR) is 117 cm³/mol. The smallest absolute Gasteiger partial charge is 0.222 e. The second kappa shape index (κ2) is 8.63. The van der Waals surface area contributed by atoms with Crippen LogP contribution in [0.25, 0.3) is 0 Å². The van der Waals surface area contributed by atoms with Crippen LogP contribution in [0.2, 0.25) is 0 Å². The number of aryl methyl sites for hydroxylation is 2. The highest BCUT2D eigenvalue weighted by atomic mass is 32.2. The van der Waals surface area contributed by atoms with Crippen LogP contribution in [0.1, 0.15) is 36.8 Å². The first-order valence-electron chi connectivity index (χ1n) is 10.7. The van der Waals surface area contributed by atoms with Crippen molar-refractivity contribution < 1.29 is 17.9 Å². The highest BCUT2D eigenvalue weighted by Gasteiger charge is 2.43. The molecule has 9 heteroatoms. The van der Waals surface area contributed by atoms with E-state index in [-0.39, 0.29) is 5.91 Å². The Morgan fingerprint density at radius 2 is 2.03 bits per heavy atom. The van der Waals surface area contributed by atoms with Crippen LogP contribution in [0.5, 0.6) is 5.75 Å². The topological polar surface area (TPSA) is 84.7 Å². The number of carbonyl (C=O) groups is 1. The number of fused-ring (bicyclic) bond motifs is 1. The minimum Gasteiger partial charge on any atom is -0.485 e. The number of hydrogen-bond acceptors (Lipinski definition) is 5. The lowest BCUT2D eigenvalue weighted by Gasteiger charge is -2.42. The zero-order valence-electron chi connectivity index (χ0n) is 18.2. The molecule has 1 spiro atoms. The van der Waals surface area contributed by atoms with Crippen molar-refractivity contribution in [1.82, 2.24) is 18.8 Å². The Morgan fingerprint density at radius 3 is 2.71 bits per heavy atom. The summed E-state index contributed by atoms with van der Waals surface area (Å²) in [5, 5.41) is 0. The Kier molecular flexibility index (Phi) is 6.07. The third kappa shape index (κ3) is 5.10. The molecule has 0 bridgehead atoms. The monoisotopic (exact) mass is 446 g/mol. The van der Waals surface area contributed by atoms with Gasteiger partial charge in [0, 0.05) is 63.4 Å². The number of nitrogens with zero attached hydrogens (tertiary/aromatic N) is 4. The molecular formula is C22H30N4O4S. The second-order valence-electron chi connectivity index (χ2n) is 8.71. The number of hydrogen-bond donors (Lipinski definition) is 0. The van der Waals surface area contributed by atoms with E-state index in [1.807, 2.05) is 40.8 Å². The first kappa shape index (κ1) is 21.8. The van der Waals surface area contributed by atoms with Gasteiger partial charge < -0.3 is 14.2 Å². The normalized spacial score (nSPS) is 19.0. The molecule has 2 aliphatic heterocycles. The molecule has 31 heavy (non-hydrogen) atoms. The van der Waals surface area contributed by atoms with Crippen LogP contribution in [0, 0.1) is 6.92 Å². The van der Waals surface area contributed by atoms with Gasteiger partial charge in [-0.1, -0.05) is 17.7 Å². The first-order chi connectivity index (χ1) is 14.7. The quantitative estimate of drug-likeness (QED) is 0.703. The fourth-order valence-electron chi connectivity index (χ4n) is 4.41. The Balaban J connectivity index is 1.43. The Hall–Kier alpha value is -2.39. The molecule has 3 heterocycles. The van der Waals surface area contributed by atoms with Gasteiger partial charge in [0.05, 0.1) is 19.1 Å². The van der Waals surface area contributed by atoms with Crippen molar-refractivity contribution >= 4 is 15.9 Å². The van der Waals surface area contributed by atoms with Gasteiger partial charge in [-0.05, 0) is 19.4 Å². The van der Waals surface area contributed by atoms with Crippen LogP contribution in [-0.4, -0.2) is 64.6 Å². The van der Waals surface area contributed by atoms with E-state index in [0.29, 0.717) is 45.4 Å². The fourth-order valence-corrected chi connectivity index (χ4v) is 5.26. The number of likely N-dealkylation sites (tertiary alicyclic amines) is 1. The van der Waals surface area contributed by atoms with Gasteiger partial charge in [0.25, 0.3) is 0 Å². The van der Waals surface area contributed by atoms with E-state index in [0.717, 1.165) is 29.8 Å². The molecule has 0 aliphatic carbocycles. The lowest BCUT2D eigenvalue weighted by Crippen LogP contribution is -2.55. The summed E-state index contributed by atoms with van der Waals surface area (Å²) in [6.45, 7) is 4.52.